The van der Waals surface area contributed by atoms with E-state index in [1.54, 1.807) is 12.1 Å². The Morgan fingerprint density at radius 2 is 1.40 bits per heavy atom. The standard InChI is InChI=1S/C22H27BrO12/c1-10(24)30-9-17-19(31-11(2)25)20(32-12(3)26)21(33-13(4)27)22(34-17)35-18-15(23)7-14(28-5)8-16(18)29-6/h7-8,17,19-22H,9H2,1-6H3/t17-,19-,20+,21-,22?/m1/s1. The van der Waals surface area contributed by atoms with Crippen LogP contribution in [0, 0.1) is 0 Å². The van der Waals surface area contributed by atoms with Crippen LogP contribution in [-0.2, 0) is 42.9 Å². The fraction of sp³-hybridized carbons (Fsp3) is 0.545. The van der Waals surface area contributed by atoms with E-state index >= 15 is 0 Å². The van der Waals surface area contributed by atoms with Gasteiger partial charge in [0.1, 0.15) is 18.5 Å². The lowest BCUT2D eigenvalue weighted by atomic mass is 9.98. The second-order valence-corrected chi connectivity index (χ2v) is 8.18. The number of benzene rings is 1. The molecule has 13 heteroatoms. The molecule has 12 nitrogen and oxygen atoms in total. The van der Waals surface area contributed by atoms with Gasteiger partial charge in [-0.05, 0) is 22.0 Å². The van der Waals surface area contributed by atoms with Crippen LogP contribution in [0.3, 0.4) is 0 Å². The number of rotatable bonds is 9. The van der Waals surface area contributed by atoms with Gasteiger partial charge in [0.2, 0.25) is 12.4 Å². The van der Waals surface area contributed by atoms with Crippen molar-refractivity contribution < 1.29 is 57.1 Å². The van der Waals surface area contributed by atoms with E-state index in [-0.39, 0.29) is 18.1 Å². The Bertz CT molecular complexity index is 949. The van der Waals surface area contributed by atoms with Crippen LogP contribution in [0.2, 0.25) is 0 Å². The number of hydrogen-bond donors (Lipinski definition) is 0. The van der Waals surface area contributed by atoms with Gasteiger partial charge in [-0.1, -0.05) is 0 Å². The lowest BCUT2D eigenvalue weighted by Crippen LogP contribution is -2.63. The Balaban J connectivity index is 2.56. The Morgan fingerprint density at radius 1 is 0.829 bits per heavy atom. The zero-order valence-corrected chi connectivity index (χ0v) is 21.6. The minimum Gasteiger partial charge on any atom is -0.497 e. The molecule has 1 saturated heterocycles. The predicted octanol–water partition coefficient (Wildman–Crippen LogP) is 1.93. The maximum atomic E-state index is 11.9. The Hall–Kier alpha value is -3.06. The van der Waals surface area contributed by atoms with Crippen molar-refractivity contribution in [3.63, 3.8) is 0 Å². The summed E-state index contributed by atoms with van der Waals surface area (Å²) >= 11 is 3.37. The fourth-order valence-electron chi connectivity index (χ4n) is 3.33. The first-order chi connectivity index (χ1) is 16.5. The highest BCUT2D eigenvalue weighted by Gasteiger charge is 2.53. The lowest BCUT2D eigenvalue weighted by molar-refractivity contribution is -0.288. The van der Waals surface area contributed by atoms with Gasteiger partial charge in [-0.15, -0.1) is 0 Å². The minimum atomic E-state index is -1.41. The van der Waals surface area contributed by atoms with E-state index in [4.69, 9.17) is 37.9 Å². The first-order valence-corrected chi connectivity index (χ1v) is 11.1. The quantitative estimate of drug-likeness (QED) is 0.320. The van der Waals surface area contributed by atoms with Gasteiger partial charge in [0.15, 0.2) is 23.7 Å². The number of ether oxygens (including phenoxy) is 8. The summed E-state index contributed by atoms with van der Waals surface area (Å²) in [6.45, 7) is 4.21. The van der Waals surface area contributed by atoms with Crippen molar-refractivity contribution in [2.45, 2.75) is 58.4 Å². The summed E-state index contributed by atoms with van der Waals surface area (Å²) < 4.78 is 44.1. The van der Waals surface area contributed by atoms with Crippen molar-refractivity contribution in [2.24, 2.45) is 0 Å². The van der Waals surface area contributed by atoms with Gasteiger partial charge in [0.05, 0.1) is 18.7 Å². The molecule has 1 aromatic carbocycles. The molecule has 0 aliphatic carbocycles. The van der Waals surface area contributed by atoms with E-state index in [9.17, 15) is 19.2 Å². The third-order valence-corrected chi connectivity index (χ3v) is 5.21. The fourth-order valence-corrected chi connectivity index (χ4v) is 3.84. The van der Waals surface area contributed by atoms with Gasteiger partial charge >= 0.3 is 23.9 Å². The molecule has 5 atom stereocenters. The molecule has 1 aromatic rings. The molecule has 1 aliphatic heterocycles. The maximum Gasteiger partial charge on any atom is 0.303 e. The molecule has 2 rings (SSSR count). The minimum absolute atomic E-state index is 0.147. The van der Waals surface area contributed by atoms with Crippen LogP contribution in [0.1, 0.15) is 27.7 Å². The van der Waals surface area contributed by atoms with E-state index in [1.165, 1.54) is 21.1 Å². The molecule has 0 radical (unpaired) electrons. The molecule has 194 valence electrons. The van der Waals surface area contributed by atoms with Crippen LogP contribution < -0.4 is 14.2 Å². The second-order valence-electron chi connectivity index (χ2n) is 7.33. The number of carbonyl (C=O) groups is 4. The van der Waals surface area contributed by atoms with Crippen LogP contribution in [0.5, 0.6) is 17.2 Å². The molecular weight excluding hydrogens is 536 g/mol. The van der Waals surface area contributed by atoms with Gasteiger partial charge in [-0.3, -0.25) is 19.2 Å². The Kier molecular flexibility index (Phi) is 10.1. The maximum absolute atomic E-state index is 11.9. The van der Waals surface area contributed by atoms with Gasteiger partial charge in [0.25, 0.3) is 0 Å². The van der Waals surface area contributed by atoms with Gasteiger partial charge in [0, 0.05) is 33.8 Å². The molecule has 1 aliphatic rings. The van der Waals surface area contributed by atoms with Gasteiger partial charge < -0.3 is 37.9 Å². The van der Waals surface area contributed by atoms with Gasteiger partial charge in [-0.2, -0.15) is 0 Å². The molecule has 1 unspecified atom stereocenters. The highest BCUT2D eigenvalue weighted by molar-refractivity contribution is 9.10. The third kappa shape index (κ3) is 7.72. The summed E-state index contributed by atoms with van der Waals surface area (Å²) in [6.07, 6.45) is -6.59. The second kappa shape index (κ2) is 12.6. The van der Waals surface area contributed by atoms with Crippen LogP contribution in [0.15, 0.2) is 16.6 Å². The molecule has 0 saturated carbocycles. The predicted molar refractivity (Wildman–Crippen MR) is 120 cm³/mol. The average Bonchev–Trinajstić information content (AvgIpc) is 2.76. The smallest absolute Gasteiger partial charge is 0.303 e. The van der Waals surface area contributed by atoms with Crippen LogP contribution >= 0.6 is 15.9 Å². The van der Waals surface area contributed by atoms with Crippen molar-refractivity contribution in [1.82, 2.24) is 0 Å². The summed E-state index contributed by atoms with van der Waals surface area (Å²) in [5.74, 6) is -2.01. The molecule has 1 fully saturated rings. The Morgan fingerprint density at radius 3 is 1.91 bits per heavy atom. The van der Waals surface area contributed by atoms with Crippen molar-refractivity contribution >= 4 is 39.8 Å². The summed E-state index contributed by atoms with van der Waals surface area (Å²) in [7, 11) is 2.88. The molecule has 0 spiro atoms. The number of carbonyl (C=O) groups excluding carboxylic acids is 4. The SMILES string of the molecule is COc1cc(Br)c(OC2O[C@H](COC(C)=O)[C@@H](OC(C)=O)[C@H](OC(C)=O)[C@H]2OC(C)=O)c(OC)c1. The highest BCUT2D eigenvalue weighted by Crippen LogP contribution is 2.41. The molecule has 1 heterocycles. The molecule has 35 heavy (non-hydrogen) atoms. The highest BCUT2D eigenvalue weighted by atomic mass is 79.9. The molecule has 0 bridgehead atoms. The van der Waals surface area contributed by atoms with E-state index in [1.807, 2.05) is 0 Å². The zero-order valence-electron chi connectivity index (χ0n) is 20.0. The van der Waals surface area contributed by atoms with Crippen molar-refractivity contribution in [1.29, 1.82) is 0 Å². The normalized spacial score (nSPS) is 23.5. The number of methoxy groups -OCH3 is 2. The molecular formula is C22H27BrO12. The van der Waals surface area contributed by atoms with Crippen molar-refractivity contribution in [3.05, 3.63) is 16.6 Å². The monoisotopic (exact) mass is 562 g/mol. The molecule has 0 N–H and O–H groups in total. The van der Waals surface area contributed by atoms with Crippen molar-refractivity contribution in [2.75, 3.05) is 20.8 Å². The Labute approximate surface area is 210 Å². The topological polar surface area (TPSA) is 142 Å². The third-order valence-electron chi connectivity index (χ3n) is 4.62. The summed E-state index contributed by atoms with van der Waals surface area (Å²) in [5, 5.41) is 0. The van der Waals surface area contributed by atoms with E-state index in [0.29, 0.717) is 10.2 Å². The number of esters is 4. The summed E-state index contributed by atoms with van der Waals surface area (Å²) in [5.41, 5.74) is 0. The first-order valence-electron chi connectivity index (χ1n) is 10.4. The molecule has 0 amide bonds. The van der Waals surface area contributed by atoms with E-state index < -0.39 is 54.6 Å². The van der Waals surface area contributed by atoms with E-state index in [0.717, 1.165) is 20.8 Å². The largest absolute Gasteiger partial charge is 0.497 e. The van der Waals surface area contributed by atoms with Crippen LogP contribution in [-0.4, -0.2) is 75.4 Å². The van der Waals surface area contributed by atoms with Crippen LogP contribution in [0.4, 0.5) is 0 Å². The lowest BCUT2D eigenvalue weighted by Gasteiger charge is -2.44. The molecule has 0 aromatic heterocycles. The summed E-state index contributed by atoms with van der Waals surface area (Å²) in [6, 6.07) is 3.15. The number of halogens is 1. The first kappa shape index (κ1) is 28.2. The number of hydrogen-bond acceptors (Lipinski definition) is 12. The zero-order chi connectivity index (χ0) is 26.3. The average molecular weight is 563 g/mol. The van der Waals surface area contributed by atoms with Gasteiger partial charge in [-0.25, -0.2) is 0 Å². The van der Waals surface area contributed by atoms with Crippen LogP contribution in [0.25, 0.3) is 0 Å². The van der Waals surface area contributed by atoms with Crippen molar-refractivity contribution in [3.8, 4) is 17.2 Å². The van der Waals surface area contributed by atoms with E-state index in [2.05, 4.69) is 15.9 Å². The summed E-state index contributed by atoms with van der Waals surface area (Å²) in [4.78, 5) is 47.1.